The Bertz CT molecular complexity index is 519. The summed E-state index contributed by atoms with van der Waals surface area (Å²) in [4.78, 5) is 16.6. The summed E-state index contributed by atoms with van der Waals surface area (Å²) in [6.45, 7) is 6.20. The average molecular weight is 245 g/mol. The van der Waals surface area contributed by atoms with Crippen molar-refractivity contribution in [2.45, 2.75) is 39.2 Å². The molecular formula is C15H19NO2. The zero-order valence-corrected chi connectivity index (χ0v) is 11.1. The highest BCUT2D eigenvalue weighted by atomic mass is 16.3. The van der Waals surface area contributed by atoms with Gasteiger partial charge in [-0.1, -0.05) is 13.8 Å². The van der Waals surface area contributed by atoms with Gasteiger partial charge in [-0.2, -0.15) is 0 Å². The molecule has 1 N–H and O–H groups in total. The molecule has 1 aromatic rings. The number of pyridine rings is 1. The minimum atomic E-state index is -0.912. The molecule has 3 atom stereocenters. The first-order chi connectivity index (χ1) is 8.33. The average Bonchev–Trinajstić information content (AvgIpc) is 2.64. The van der Waals surface area contributed by atoms with E-state index in [1.54, 1.807) is 18.5 Å². The monoisotopic (exact) mass is 245 g/mol. The molecule has 3 heteroatoms. The fraction of sp³-hybridized carbons (Fsp3) is 0.600. The second-order valence-corrected chi connectivity index (χ2v) is 6.72. The van der Waals surface area contributed by atoms with Crippen LogP contribution in [0.25, 0.3) is 0 Å². The number of carbonyl (C=O) groups is 1. The molecule has 3 nitrogen and oxygen atoms in total. The first-order valence-electron chi connectivity index (χ1n) is 6.54. The molecule has 0 saturated heterocycles. The van der Waals surface area contributed by atoms with Crippen molar-refractivity contribution in [3.05, 3.63) is 29.6 Å². The van der Waals surface area contributed by atoms with Gasteiger partial charge in [-0.3, -0.25) is 9.78 Å². The van der Waals surface area contributed by atoms with Gasteiger partial charge in [-0.25, -0.2) is 0 Å². The van der Waals surface area contributed by atoms with E-state index in [1.165, 1.54) is 0 Å². The maximum atomic E-state index is 12.5. The van der Waals surface area contributed by atoms with Crippen LogP contribution >= 0.6 is 0 Å². The normalized spacial score (nSPS) is 37.2. The van der Waals surface area contributed by atoms with Crippen LogP contribution in [0.1, 0.15) is 49.5 Å². The standard InChI is InChI=1S/C15H19NO2/c1-14(2)6-9-12(7-14)15(3,18)11-4-5-16-8-10(11)13(9)17/h4-5,8-9,12,18H,6-7H2,1-3H3/t9-,12-,15-/m1/s1. The van der Waals surface area contributed by atoms with E-state index in [0.29, 0.717) is 5.56 Å². The van der Waals surface area contributed by atoms with E-state index in [0.717, 1.165) is 18.4 Å². The topological polar surface area (TPSA) is 50.2 Å². The number of hydrogen-bond donors (Lipinski definition) is 1. The molecule has 96 valence electrons. The lowest BCUT2D eigenvalue weighted by molar-refractivity contribution is -0.0280. The number of aromatic nitrogens is 1. The van der Waals surface area contributed by atoms with Crippen LogP contribution in [0.5, 0.6) is 0 Å². The predicted molar refractivity (Wildman–Crippen MR) is 68.1 cm³/mol. The van der Waals surface area contributed by atoms with Gasteiger partial charge >= 0.3 is 0 Å². The fourth-order valence-electron chi connectivity index (χ4n) is 3.86. The van der Waals surface area contributed by atoms with E-state index >= 15 is 0 Å². The molecule has 1 fully saturated rings. The summed E-state index contributed by atoms with van der Waals surface area (Å²) in [5.74, 6) is 0.154. The molecule has 0 spiro atoms. The van der Waals surface area contributed by atoms with Crippen LogP contribution in [0.3, 0.4) is 0 Å². The predicted octanol–water partition coefficient (Wildman–Crippen LogP) is 2.54. The number of nitrogens with zero attached hydrogens (tertiary/aromatic N) is 1. The molecule has 18 heavy (non-hydrogen) atoms. The second-order valence-electron chi connectivity index (χ2n) is 6.72. The Morgan fingerprint density at radius 3 is 2.78 bits per heavy atom. The number of rotatable bonds is 0. The minimum Gasteiger partial charge on any atom is -0.385 e. The third-order valence-corrected chi connectivity index (χ3v) is 4.72. The number of ketones is 1. The summed E-state index contributed by atoms with van der Waals surface area (Å²) in [5.41, 5.74) is 0.581. The van der Waals surface area contributed by atoms with Gasteiger partial charge in [0.05, 0.1) is 5.60 Å². The smallest absolute Gasteiger partial charge is 0.168 e. The van der Waals surface area contributed by atoms with Crippen molar-refractivity contribution >= 4 is 5.78 Å². The summed E-state index contributed by atoms with van der Waals surface area (Å²) >= 11 is 0. The van der Waals surface area contributed by atoms with Crippen LogP contribution in [0, 0.1) is 17.3 Å². The molecule has 0 aromatic carbocycles. The maximum absolute atomic E-state index is 12.5. The second kappa shape index (κ2) is 3.41. The molecule has 2 aliphatic carbocycles. The Morgan fingerprint density at radius 1 is 1.33 bits per heavy atom. The molecule has 1 heterocycles. The highest BCUT2D eigenvalue weighted by Gasteiger charge is 2.55. The van der Waals surface area contributed by atoms with Crippen molar-refractivity contribution in [2.24, 2.45) is 17.3 Å². The zero-order valence-electron chi connectivity index (χ0n) is 11.1. The molecule has 2 aliphatic rings. The molecule has 0 radical (unpaired) electrons. The van der Waals surface area contributed by atoms with Gasteiger partial charge in [-0.05, 0) is 36.8 Å². The van der Waals surface area contributed by atoms with Crippen LogP contribution in [-0.2, 0) is 5.60 Å². The summed E-state index contributed by atoms with van der Waals surface area (Å²) in [7, 11) is 0. The van der Waals surface area contributed by atoms with Gasteiger partial charge in [0, 0.05) is 29.8 Å². The first-order valence-corrected chi connectivity index (χ1v) is 6.54. The van der Waals surface area contributed by atoms with Crippen LogP contribution < -0.4 is 0 Å². The van der Waals surface area contributed by atoms with E-state index in [-0.39, 0.29) is 23.0 Å². The number of carbonyl (C=O) groups excluding carboxylic acids is 1. The number of hydrogen-bond acceptors (Lipinski definition) is 3. The summed E-state index contributed by atoms with van der Waals surface area (Å²) in [6, 6.07) is 1.79. The lowest BCUT2D eigenvalue weighted by Crippen LogP contribution is -2.43. The Hall–Kier alpha value is -1.22. The van der Waals surface area contributed by atoms with Crippen LogP contribution in [0.15, 0.2) is 18.5 Å². The molecule has 0 aliphatic heterocycles. The lowest BCUT2D eigenvalue weighted by Gasteiger charge is -2.39. The zero-order chi connectivity index (χ0) is 13.1. The molecule has 1 aromatic heterocycles. The van der Waals surface area contributed by atoms with Gasteiger partial charge in [0.25, 0.3) is 0 Å². The highest BCUT2D eigenvalue weighted by molar-refractivity contribution is 6.01. The number of fused-ring (bicyclic) bond motifs is 2. The Balaban J connectivity index is 2.16. The van der Waals surface area contributed by atoms with Crippen molar-refractivity contribution in [2.75, 3.05) is 0 Å². The minimum absolute atomic E-state index is 0.0369. The third kappa shape index (κ3) is 1.46. The van der Waals surface area contributed by atoms with E-state index in [2.05, 4.69) is 18.8 Å². The molecule has 0 unspecified atom stereocenters. The van der Waals surface area contributed by atoms with E-state index < -0.39 is 5.60 Å². The first kappa shape index (κ1) is 11.8. The van der Waals surface area contributed by atoms with Crippen molar-refractivity contribution in [3.63, 3.8) is 0 Å². The van der Waals surface area contributed by atoms with Crippen molar-refractivity contribution in [1.82, 2.24) is 4.98 Å². The molecular weight excluding hydrogens is 226 g/mol. The van der Waals surface area contributed by atoms with Crippen LogP contribution in [-0.4, -0.2) is 15.9 Å². The van der Waals surface area contributed by atoms with E-state index in [1.807, 2.05) is 6.92 Å². The SMILES string of the molecule is CC1(C)C[C@@H]2[C@@H](C1)C(=O)c1cnccc1[C@@]2(C)O. The lowest BCUT2D eigenvalue weighted by atomic mass is 9.68. The molecule has 0 amide bonds. The summed E-state index contributed by atoms with van der Waals surface area (Å²) in [6.07, 6.45) is 5.02. The van der Waals surface area contributed by atoms with Crippen molar-refractivity contribution in [3.8, 4) is 0 Å². The Labute approximate surface area is 107 Å². The van der Waals surface area contributed by atoms with E-state index in [4.69, 9.17) is 0 Å². The quantitative estimate of drug-likeness (QED) is 0.764. The summed E-state index contributed by atoms with van der Waals surface area (Å²) in [5, 5.41) is 10.9. The van der Waals surface area contributed by atoms with Crippen molar-refractivity contribution < 1.29 is 9.90 Å². The summed E-state index contributed by atoms with van der Waals surface area (Å²) < 4.78 is 0. The molecule has 0 bridgehead atoms. The Morgan fingerprint density at radius 2 is 2.06 bits per heavy atom. The number of Topliss-reactive ketones (excluding diaryl/α,β-unsaturated/α-hetero) is 1. The van der Waals surface area contributed by atoms with Gasteiger partial charge in [0.1, 0.15) is 0 Å². The highest BCUT2D eigenvalue weighted by Crippen LogP contribution is 2.55. The fourth-order valence-corrected chi connectivity index (χ4v) is 3.86. The molecule has 1 saturated carbocycles. The third-order valence-electron chi connectivity index (χ3n) is 4.72. The van der Waals surface area contributed by atoms with Gasteiger partial charge in [0.15, 0.2) is 5.78 Å². The van der Waals surface area contributed by atoms with Crippen molar-refractivity contribution in [1.29, 1.82) is 0 Å². The van der Waals surface area contributed by atoms with Gasteiger partial charge in [0.2, 0.25) is 0 Å². The number of aliphatic hydroxyl groups is 1. The Kier molecular flexibility index (Phi) is 2.25. The van der Waals surface area contributed by atoms with E-state index in [9.17, 15) is 9.90 Å². The van der Waals surface area contributed by atoms with Gasteiger partial charge in [-0.15, -0.1) is 0 Å². The largest absolute Gasteiger partial charge is 0.385 e. The maximum Gasteiger partial charge on any atom is 0.168 e. The van der Waals surface area contributed by atoms with Gasteiger partial charge < -0.3 is 5.11 Å². The van der Waals surface area contributed by atoms with Crippen LogP contribution in [0.4, 0.5) is 0 Å². The molecule has 3 rings (SSSR count). The van der Waals surface area contributed by atoms with Crippen LogP contribution in [0.2, 0.25) is 0 Å².